The molecule has 2 aliphatic heterocycles. The Morgan fingerprint density at radius 2 is 1.68 bits per heavy atom. The van der Waals surface area contributed by atoms with Crippen LogP contribution in [0.4, 0.5) is 4.79 Å². The molecule has 0 radical (unpaired) electrons. The Morgan fingerprint density at radius 3 is 2.19 bits per heavy atom. The number of nitrogens with one attached hydrogen (secondary N) is 1. The number of urea groups is 1. The molecule has 3 rings (SSSR count). The van der Waals surface area contributed by atoms with E-state index < -0.39 is 21.6 Å². The Hall–Kier alpha value is -2.46. The van der Waals surface area contributed by atoms with Gasteiger partial charge in [0.2, 0.25) is 15.9 Å². The molecule has 0 atom stereocenters. The second-order valence-electron chi connectivity index (χ2n) is 8.16. The Labute approximate surface area is 183 Å². The standard InChI is InChI=1S/C21H30N4O5S/c1-5-21(6-2)19(27)25(20(28)22-21)14-18(26)23-9-11-24(12-10-23)31(29,30)17-8-7-15(3)13-16(17)4/h7-8,13H,5-6,9-12,14H2,1-4H3,(H,22,28). The van der Waals surface area contributed by atoms with Gasteiger partial charge in [-0.1, -0.05) is 31.5 Å². The molecule has 9 nitrogen and oxygen atoms in total. The van der Waals surface area contributed by atoms with Crippen LogP contribution >= 0.6 is 0 Å². The minimum Gasteiger partial charge on any atom is -0.338 e. The smallest absolute Gasteiger partial charge is 0.325 e. The van der Waals surface area contributed by atoms with Crippen LogP contribution in [0, 0.1) is 13.8 Å². The number of hydrogen-bond donors (Lipinski definition) is 1. The van der Waals surface area contributed by atoms with Crippen LogP contribution in [0.25, 0.3) is 0 Å². The lowest BCUT2D eigenvalue weighted by molar-refractivity contribution is -0.139. The largest absolute Gasteiger partial charge is 0.338 e. The Balaban J connectivity index is 1.64. The third-order valence-corrected chi connectivity index (χ3v) is 8.34. The van der Waals surface area contributed by atoms with Gasteiger partial charge in [0.05, 0.1) is 4.90 Å². The molecule has 0 aromatic heterocycles. The molecule has 0 aliphatic carbocycles. The fourth-order valence-electron chi connectivity index (χ4n) is 4.19. The molecule has 0 saturated carbocycles. The number of carbonyl (C=O) groups is 3. The van der Waals surface area contributed by atoms with Crippen molar-refractivity contribution in [1.29, 1.82) is 0 Å². The van der Waals surface area contributed by atoms with Crippen molar-refractivity contribution in [3.63, 3.8) is 0 Å². The van der Waals surface area contributed by atoms with Gasteiger partial charge >= 0.3 is 6.03 Å². The summed E-state index contributed by atoms with van der Waals surface area (Å²) in [5.41, 5.74) is 0.727. The van der Waals surface area contributed by atoms with Gasteiger partial charge in [0.1, 0.15) is 12.1 Å². The number of amides is 4. The van der Waals surface area contributed by atoms with Gasteiger partial charge in [0, 0.05) is 26.2 Å². The van der Waals surface area contributed by atoms with E-state index in [1.807, 2.05) is 26.8 Å². The highest BCUT2D eigenvalue weighted by Crippen LogP contribution is 2.25. The maximum atomic E-state index is 13.0. The number of aryl methyl sites for hydroxylation is 2. The molecule has 170 valence electrons. The zero-order chi connectivity index (χ0) is 23.0. The molecule has 2 saturated heterocycles. The predicted octanol–water partition coefficient (Wildman–Crippen LogP) is 1.25. The Bertz CT molecular complexity index is 995. The van der Waals surface area contributed by atoms with Crippen LogP contribution in [-0.4, -0.2) is 78.6 Å². The van der Waals surface area contributed by atoms with Crippen molar-refractivity contribution >= 4 is 27.9 Å². The van der Waals surface area contributed by atoms with E-state index >= 15 is 0 Å². The molecule has 2 heterocycles. The molecular weight excluding hydrogens is 420 g/mol. The first-order chi connectivity index (χ1) is 14.6. The topological polar surface area (TPSA) is 107 Å². The van der Waals surface area contributed by atoms with Gasteiger partial charge in [-0.25, -0.2) is 13.2 Å². The first-order valence-electron chi connectivity index (χ1n) is 10.5. The molecule has 2 fully saturated rings. The first kappa shape index (κ1) is 23.2. The molecule has 2 aliphatic rings. The van der Waals surface area contributed by atoms with E-state index in [2.05, 4.69) is 5.32 Å². The number of imide groups is 1. The maximum absolute atomic E-state index is 13.0. The predicted molar refractivity (Wildman–Crippen MR) is 115 cm³/mol. The zero-order valence-corrected chi connectivity index (χ0v) is 19.3. The third kappa shape index (κ3) is 4.18. The molecule has 10 heteroatoms. The minimum atomic E-state index is -3.65. The molecule has 0 spiro atoms. The highest BCUT2D eigenvalue weighted by Gasteiger charge is 2.49. The number of rotatable bonds is 6. The normalized spacial score (nSPS) is 19.6. The van der Waals surface area contributed by atoms with Crippen LogP contribution < -0.4 is 5.32 Å². The molecular formula is C21H30N4O5S. The number of piperazine rings is 1. The van der Waals surface area contributed by atoms with E-state index in [4.69, 9.17) is 0 Å². The summed E-state index contributed by atoms with van der Waals surface area (Å²) >= 11 is 0. The number of carbonyl (C=O) groups excluding carboxylic acids is 3. The maximum Gasteiger partial charge on any atom is 0.325 e. The van der Waals surface area contributed by atoms with Crippen LogP contribution in [0.15, 0.2) is 23.1 Å². The van der Waals surface area contributed by atoms with Crippen LogP contribution in [0.3, 0.4) is 0 Å². The average molecular weight is 451 g/mol. The van der Waals surface area contributed by atoms with E-state index in [0.29, 0.717) is 18.4 Å². The molecule has 31 heavy (non-hydrogen) atoms. The van der Waals surface area contributed by atoms with Crippen LogP contribution in [0.5, 0.6) is 0 Å². The average Bonchev–Trinajstić information content (AvgIpc) is 2.98. The highest BCUT2D eigenvalue weighted by atomic mass is 32.2. The summed E-state index contributed by atoms with van der Waals surface area (Å²) < 4.78 is 27.4. The highest BCUT2D eigenvalue weighted by molar-refractivity contribution is 7.89. The van der Waals surface area contributed by atoms with Crippen molar-refractivity contribution in [2.24, 2.45) is 0 Å². The second kappa shape index (κ2) is 8.58. The quantitative estimate of drug-likeness (QED) is 0.657. The fourth-order valence-corrected chi connectivity index (χ4v) is 5.82. The minimum absolute atomic E-state index is 0.162. The SMILES string of the molecule is CCC1(CC)NC(=O)N(CC(=O)N2CCN(S(=O)(=O)c3ccc(C)cc3C)CC2)C1=O. The van der Waals surface area contributed by atoms with Crippen molar-refractivity contribution in [2.75, 3.05) is 32.7 Å². The first-order valence-corrected chi connectivity index (χ1v) is 12.0. The van der Waals surface area contributed by atoms with E-state index in [9.17, 15) is 22.8 Å². The lowest BCUT2D eigenvalue weighted by atomic mass is 9.93. The molecule has 4 amide bonds. The summed E-state index contributed by atoms with van der Waals surface area (Å²) in [6.07, 6.45) is 0.904. The summed E-state index contributed by atoms with van der Waals surface area (Å²) in [7, 11) is -3.65. The van der Waals surface area contributed by atoms with Gasteiger partial charge in [0.15, 0.2) is 0 Å². The van der Waals surface area contributed by atoms with Crippen molar-refractivity contribution in [3.05, 3.63) is 29.3 Å². The monoisotopic (exact) mass is 450 g/mol. The van der Waals surface area contributed by atoms with Gasteiger partial charge in [-0.2, -0.15) is 4.31 Å². The van der Waals surface area contributed by atoms with Crippen molar-refractivity contribution in [2.45, 2.75) is 51.0 Å². The van der Waals surface area contributed by atoms with Crippen LogP contribution in [0.2, 0.25) is 0 Å². The van der Waals surface area contributed by atoms with Crippen LogP contribution in [0.1, 0.15) is 37.8 Å². The number of sulfonamides is 1. The van der Waals surface area contributed by atoms with Gasteiger partial charge in [-0.3, -0.25) is 14.5 Å². The fraction of sp³-hybridized carbons (Fsp3) is 0.571. The lowest BCUT2D eigenvalue weighted by Crippen LogP contribution is -2.53. The summed E-state index contributed by atoms with van der Waals surface area (Å²) in [5.74, 6) is -0.748. The summed E-state index contributed by atoms with van der Waals surface area (Å²) in [5, 5.41) is 2.71. The van der Waals surface area contributed by atoms with E-state index in [1.54, 1.807) is 19.1 Å². The van der Waals surface area contributed by atoms with Gasteiger partial charge < -0.3 is 10.2 Å². The van der Waals surface area contributed by atoms with Crippen molar-refractivity contribution in [1.82, 2.24) is 19.4 Å². The molecule has 1 N–H and O–H groups in total. The number of benzene rings is 1. The van der Waals surface area contributed by atoms with E-state index in [-0.39, 0.29) is 49.4 Å². The molecule has 1 aromatic rings. The molecule has 0 bridgehead atoms. The van der Waals surface area contributed by atoms with E-state index in [1.165, 1.54) is 9.21 Å². The summed E-state index contributed by atoms with van der Waals surface area (Å²) in [6, 6.07) is 4.66. The van der Waals surface area contributed by atoms with Gasteiger partial charge in [-0.15, -0.1) is 0 Å². The second-order valence-corrected chi connectivity index (χ2v) is 10.1. The number of nitrogens with zero attached hydrogens (tertiary/aromatic N) is 3. The van der Waals surface area contributed by atoms with Gasteiger partial charge in [-0.05, 0) is 38.3 Å². The summed E-state index contributed by atoms with van der Waals surface area (Å²) in [6.45, 7) is 7.72. The van der Waals surface area contributed by atoms with Gasteiger partial charge in [0.25, 0.3) is 5.91 Å². The Morgan fingerprint density at radius 1 is 1.06 bits per heavy atom. The van der Waals surface area contributed by atoms with E-state index in [0.717, 1.165) is 10.5 Å². The van der Waals surface area contributed by atoms with Crippen molar-refractivity contribution < 1.29 is 22.8 Å². The van der Waals surface area contributed by atoms with Crippen molar-refractivity contribution in [3.8, 4) is 0 Å². The lowest BCUT2D eigenvalue weighted by Gasteiger charge is -2.34. The van der Waals surface area contributed by atoms with Crippen LogP contribution in [-0.2, 0) is 19.6 Å². The third-order valence-electron chi connectivity index (χ3n) is 6.29. The molecule has 0 unspecified atom stereocenters. The summed E-state index contributed by atoms with van der Waals surface area (Å²) in [4.78, 5) is 40.4. The Kier molecular flexibility index (Phi) is 6.43. The number of hydrogen-bond acceptors (Lipinski definition) is 5. The molecule has 1 aromatic carbocycles. The zero-order valence-electron chi connectivity index (χ0n) is 18.5.